The van der Waals surface area contributed by atoms with Crippen molar-refractivity contribution in [1.29, 1.82) is 0 Å². The topological polar surface area (TPSA) is 53.2 Å². The molecule has 0 fully saturated rings. The van der Waals surface area contributed by atoms with Gasteiger partial charge >= 0.3 is 0 Å². The second-order valence-corrected chi connectivity index (χ2v) is 4.92. The zero-order valence-electron chi connectivity index (χ0n) is 12.3. The summed E-state index contributed by atoms with van der Waals surface area (Å²) in [6.45, 7) is 1.59. The summed E-state index contributed by atoms with van der Waals surface area (Å²) in [7, 11) is 5.86. The van der Waals surface area contributed by atoms with Crippen LogP contribution in [0.2, 0.25) is 0 Å². The number of H-pyrrole nitrogens is 1. The first kappa shape index (κ1) is 14.6. The maximum Gasteiger partial charge on any atom is 0.120 e. The minimum absolute atomic E-state index is 0.292. The van der Waals surface area contributed by atoms with E-state index in [2.05, 4.69) is 46.4 Å². The lowest BCUT2D eigenvalue weighted by atomic mass is 10.1. The number of nitrogens with one attached hydrogen (secondary N) is 2. The number of aromatic amines is 1. The van der Waals surface area contributed by atoms with Gasteiger partial charge in [-0.05, 0) is 31.8 Å². The van der Waals surface area contributed by atoms with Crippen LogP contribution in [-0.4, -0.2) is 42.6 Å². The number of benzene rings is 1. The lowest BCUT2D eigenvalue weighted by molar-refractivity contribution is 0.287. The fourth-order valence-corrected chi connectivity index (χ4v) is 2.17. The maximum absolute atomic E-state index is 5.29. The molecule has 2 N–H and O–H groups in total. The molecule has 0 aliphatic heterocycles. The molecule has 0 spiro atoms. The number of imidazole rings is 1. The van der Waals surface area contributed by atoms with E-state index in [1.807, 2.05) is 18.3 Å². The summed E-state index contributed by atoms with van der Waals surface area (Å²) in [6.07, 6.45) is 3.60. The normalized spacial score (nSPS) is 12.6. The third kappa shape index (κ3) is 3.82. The molecule has 1 aromatic carbocycles. The number of methoxy groups -OCH3 is 1. The molecule has 0 amide bonds. The minimum Gasteiger partial charge on any atom is -0.497 e. The van der Waals surface area contributed by atoms with Gasteiger partial charge in [0, 0.05) is 25.0 Å². The summed E-state index contributed by atoms with van der Waals surface area (Å²) >= 11 is 0. The van der Waals surface area contributed by atoms with Gasteiger partial charge in [0.25, 0.3) is 0 Å². The molecule has 0 saturated heterocycles. The molecule has 0 radical (unpaired) electrons. The Morgan fingerprint density at radius 3 is 2.90 bits per heavy atom. The molecule has 5 heteroatoms. The Hall–Kier alpha value is -1.85. The first-order valence-electron chi connectivity index (χ1n) is 6.70. The van der Waals surface area contributed by atoms with Gasteiger partial charge in [-0.1, -0.05) is 12.1 Å². The van der Waals surface area contributed by atoms with Gasteiger partial charge in [-0.15, -0.1) is 0 Å². The Labute approximate surface area is 120 Å². The highest BCUT2D eigenvalue weighted by Crippen LogP contribution is 2.22. The van der Waals surface area contributed by atoms with Crippen LogP contribution in [0, 0.1) is 0 Å². The number of hydrogen-bond donors (Lipinski definition) is 2. The number of rotatable bonds is 7. The van der Waals surface area contributed by atoms with Gasteiger partial charge < -0.3 is 19.9 Å². The van der Waals surface area contributed by atoms with Crippen LogP contribution in [0.5, 0.6) is 5.75 Å². The van der Waals surface area contributed by atoms with Gasteiger partial charge in [0.15, 0.2) is 0 Å². The molecule has 1 aromatic heterocycles. The van der Waals surface area contributed by atoms with Gasteiger partial charge in [-0.2, -0.15) is 0 Å². The van der Waals surface area contributed by atoms with Crippen LogP contribution >= 0.6 is 0 Å². The third-order valence-corrected chi connectivity index (χ3v) is 3.29. The number of likely N-dealkylation sites (N-methyl/N-ethyl adjacent to an activating group) is 1. The van der Waals surface area contributed by atoms with Gasteiger partial charge in [0.2, 0.25) is 0 Å². The lowest BCUT2D eigenvalue weighted by Gasteiger charge is -2.25. The van der Waals surface area contributed by atoms with E-state index < -0.39 is 0 Å². The van der Waals surface area contributed by atoms with Gasteiger partial charge in [0.1, 0.15) is 11.6 Å². The SMILES string of the molecule is COc1cccc(C(CNCc2ncc[nH]2)N(C)C)c1. The summed E-state index contributed by atoms with van der Waals surface area (Å²) in [5.74, 6) is 1.84. The van der Waals surface area contributed by atoms with Crippen molar-refractivity contribution in [3.63, 3.8) is 0 Å². The molecule has 0 aliphatic rings. The van der Waals surface area contributed by atoms with Crippen LogP contribution in [-0.2, 0) is 6.54 Å². The molecule has 5 nitrogen and oxygen atoms in total. The molecule has 2 aromatic rings. The van der Waals surface area contributed by atoms with Gasteiger partial charge in [-0.25, -0.2) is 4.98 Å². The highest BCUT2D eigenvalue weighted by Gasteiger charge is 2.14. The molecule has 1 atom stereocenters. The van der Waals surface area contributed by atoms with Crippen molar-refractivity contribution in [1.82, 2.24) is 20.2 Å². The first-order valence-corrected chi connectivity index (χ1v) is 6.70. The minimum atomic E-state index is 0.292. The second-order valence-electron chi connectivity index (χ2n) is 4.92. The third-order valence-electron chi connectivity index (χ3n) is 3.29. The van der Waals surface area contributed by atoms with Crippen LogP contribution in [0.3, 0.4) is 0 Å². The monoisotopic (exact) mass is 274 g/mol. The maximum atomic E-state index is 5.29. The van der Waals surface area contributed by atoms with E-state index in [0.29, 0.717) is 6.04 Å². The van der Waals surface area contributed by atoms with Crippen LogP contribution in [0.1, 0.15) is 17.4 Å². The fraction of sp³-hybridized carbons (Fsp3) is 0.400. The highest BCUT2D eigenvalue weighted by atomic mass is 16.5. The number of hydrogen-bond acceptors (Lipinski definition) is 4. The Morgan fingerprint density at radius 2 is 2.25 bits per heavy atom. The van der Waals surface area contributed by atoms with Crippen molar-refractivity contribution < 1.29 is 4.74 Å². The summed E-state index contributed by atoms with van der Waals surface area (Å²) < 4.78 is 5.29. The quantitative estimate of drug-likeness (QED) is 0.808. The summed E-state index contributed by atoms with van der Waals surface area (Å²) in [4.78, 5) is 9.50. The Balaban J connectivity index is 1.99. The van der Waals surface area contributed by atoms with Crippen molar-refractivity contribution >= 4 is 0 Å². The number of ether oxygens (including phenoxy) is 1. The molecule has 1 heterocycles. The van der Waals surface area contributed by atoms with E-state index in [0.717, 1.165) is 24.7 Å². The summed E-state index contributed by atoms with van der Waals surface area (Å²) in [6, 6.07) is 8.49. The average Bonchev–Trinajstić information content (AvgIpc) is 2.96. The van der Waals surface area contributed by atoms with Gasteiger partial charge in [-0.3, -0.25) is 0 Å². The van der Waals surface area contributed by atoms with Crippen LogP contribution in [0.25, 0.3) is 0 Å². The first-order chi connectivity index (χ1) is 9.70. The number of aromatic nitrogens is 2. The zero-order chi connectivity index (χ0) is 14.4. The van der Waals surface area contributed by atoms with Crippen molar-refractivity contribution in [3.05, 3.63) is 48.0 Å². The second kappa shape index (κ2) is 7.07. The Kier molecular flexibility index (Phi) is 5.15. The van der Waals surface area contributed by atoms with Crippen LogP contribution in [0.4, 0.5) is 0 Å². The van der Waals surface area contributed by atoms with Gasteiger partial charge in [0.05, 0.1) is 13.7 Å². The largest absolute Gasteiger partial charge is 0.497 e. The van der Waals surface area contributed by atoms with Crippen molar-refractivity contribution in [2.45, 2.75) is 12.6 Å². The van der Waals surface area contributed by atoms with E-state index in [-0.39, 0.29) is 0 Å². The van der Waals surface area contributed by atoms with E-state index >= 15 is 0 Å². The average molecular weight is 274 g/mol. The smallest absolute Gasteiger partial charge is 0.120 e. The standard InChI is InChI=1S/C15H22N4O/c1-19(2)14(10-16-11-15-17-7-8-18-15)12-5-4-6-13(9-12)20-3/h4-9,14,16H,10-11H2,1-3H3,(H,17,18). The van der Waals surface area contributed by atoms with Crippen molar-refractivity contribution in [3.8, 4) is 5.75 Å². The molecule has 2 rings (SSSR count). The van der Waals surface area contributed by atoms with E-state index in [1.54, 1.807) is 13.3 Å². The number of nitrogens with zero attached hydrogens (tertiary/aromatic N) is 2. The molecule has 108 valence electrons. The van der Waals surface area contributed by atoms with Crippen molar-refractivity contribution in [2.24, 2.45) is 0 Å². The molecular weight excluding hydrogens is 252 g/mol. The molecule has 0 bridgehead atoms. The lowest BCUT2D eigenvalue weighted by Crippen LogP contribution is -2.31. The summed E-state index contributed by atoms with van der Waals surface area (Å²) in [5, 5.41) is 3.43. The zero-order valence-corrected chi connectivity index (χ0v) is 12.3. The predicted octanol–water partition coefficient (Wildman–Crippen LogP) is 1.81. The molecule has 1 unspecified atom stereocenters. The Bertz CT molecular complexity index is 510. The van der Waals surface area contributed by atoms with Crippen LogP contribution in [0.15, 0.2) is 36.7 Å². The predicted molar refractivity (Wildman–Crippen MR) is 79.7 cm³/mol. The highest BCUT2D eigenvalue weighted by molar-refractivity contribution is 5.30. The molecule has 0 saturated carbocycles. The molecule has 20 heavy (non-hydrogen) atoms. The van der Waals surface area contributed by atoms with E-state index in [1.165, 1.54) is 5.56 Å². The molecular formula is C15H22N4O. The van der Waals surface area contributed by atoms with Crippen molar-refractivity contribution in [2.75, 3.05) is 27.7 Å². The summed E-state index contributed by atoms with van der Waals surface area (Å²) in [5.41, 5.74) is 1.24. The molecule has 0 aliphatic carbocycles. The van der Waals surface area contributed by atoms with Crippen LogP contribution < -0.4 is 10.1 Å². The van der Waals surface area contributed by atoms with E-state index in [4.69, 9.17) is 4.74 Å². The fourth-order valence-electron chi connectivity index (χ4n) is 2.17. The van der Waals surface area contributed by atoms with E-state index in [9.17, 15) is 0 Å². The Morgan fingerprint density at radius 1 is 1.40 bits per heavy atom.